The van der Waals surface area contributed by atoms with Crippen molar-refractivity contribution in [3.05, 3.63) is 0 Å². The predicted molar refractivity (Wildman–Crippen MR) is 55.4 cm³/mol. The first kappa shape index (κ1) is 15.7. The van der Waals surface area contributed by atoms with Gasteiger partial charge in [0.1, 0.15) is 12.7 Å². The van der Waals surface area contributed by atoms with Gasteiger partial charge in [0.15, 0.2) is 6.04 Å². The summed E-state index contributed by atoms with van der Waals surface area (Å²) in [5.41, 5.74) is 0. The highest BCUT2D eigenvalue weighted by atomic mass is 19.4. The van der Waals surface area contributed by atoms with E-state index in [2.05, 4.69) is 4.74 Å². The summed E-state index contributed by atoms with van der Waals surface area (Å²) in [5, 5.41) is 8.90. The first-order valence-corrected chi connectivity index (χ1v) is 5.52. The van der Waals surface area contributed by atoms with Crippen LogP contribution in [0.1, 0.15) is 6.92 Å². The Morgan fingerprint density at radius 2 is 2.16 bits per heavy atom. The summed E-state index contributed by atoms with van der Waals surface area (Å²) >= 11 is 0. The van der Waals surface area contributed by atoms with Crippen molar-refractivity contribution in [1.82, 2.24) is 4.90 Å². The second kappa shape index (κ2) is 6.20. The normalized spacial score (nSPS) is 22.1. The monoisotopic (exact) mass is 285 g/mol. The number of aliphatic carboxylic acids is 1. The van der Waals surface area contributed by atoms with Crippen LogP contribution in [0.15, 0.2) is 0 Å². The molecule has 0 spiro atoms. The van der Waals surface area contributed by atoms with E-state index in [1.807, 2.05) is 0 Å². The Kier molecular flexibility index (Phi) is 5.12. The van der Waals surface area contributed by atoms with Crippen LogP contribution in [0.3, 0.4) is 0 Å². The lowest BCUT2D eigenvalue weighted by atomic mass is 10.2. The Bertz CT molecular complexity index is 347. The van der Waals surface area contributed by atoms with Crippen LogP contribution in [0.25, 0.3) is 0 Å². The van der Waals surface area contributed by atoms with Crippen molar-refractivity contribution in [2.24, 2.45) is 0 Å². The van der Waals surface area contributed by atoms with Crippen molar-refractivity contribution in [2.75, 3.05) is 26.4 Å². The summed E-state index contributed by atoms with van der Waals surface area (Å²) in [4.78, 5) is 23.7. The molecule has 1 N–H and O–H groups in total. The largest absolute Gasteiger partial charge is 0.480 e. The third-order valence-electron chi connectivity index (χ3n) is 2.54. The number of alkyl halides is 3. The first-order chi connectivity index (χ1) is 8.72. The van der Waals surface area contributed by atoms with Gasteiger partial charge in [0, 0.05) is 6.54 Å². The van der Waals surface area contributed by atoms with Crippen LogP contribution in [0, 0.1) is 0 Å². The van der Waals surface area contributed by atoms with Gasteiger partial charge in [0.25, 0.3) is 5.91 Å². The maximum atomic E-state index is 12.0. The number of carboxylic acid groups (broad SMARTS) is 1. The standard InChI is InChI=1S/C10H14F3NO5/c1-6(19-5-10(11,12)13)8(15)14-2-3-18-4-7(14)9(16)17/h6-7H,2-5H2,1H3,(H,16,17)/t6-,7+/m0/s1. The summed E-state index contributed by atoms with van der Waals surface area (Å²) in [6, 6.07) is -1.20. The highest BCUT2D eigenvalue weighted by molar-refractivity contribution is 5.86. The van der Waals surface area contributed by atoms with E-state index < -0.39 is 36.8 Å². The minimum Gasteiger partial charge on any atom is -0.480 e. The molecule has 0 aliphatic carbocycles. The van der Waals surface area contributed by atoms with Crippen molar-refractivity contribution in [1.29, 1.82) is 0 Å². The molecule has 0 aromatic carbocycles. The van der Waals surface area contributed by atoms with Crippen LogP contribution in [-0.4, -0.2) is 66.6 Å². The molecular formula is C10H14F3NO5. The molecule has 1 fully saturated rings. The molecule has 0 bridgehead atoms. The second-order valence-electron chi connectivity index (χ2n) is 4.03. The number of rotatable bonds is 4. The van der Waals surface area contributed by atoms with Gasteiger partial charge < -0.3 is 19.5 Å². The molecule has 1 heterocycles. The molecule has 9 heteroatoms. The molecule has 19 heavy (non-hydrogen) atoms. The van der Waals surface area contributed by atoms with Crippen LogP contribution in [0.4, 0.5) is 13.2 Å². The van der Waals surface area contributed by atoms with Gasteiger partial charge in [-0.25, -0.2) is 4.79 Å². The van der Waals surface area contributed by atoms with Crippen LogP contribution < -0.4 is 0 Å². The molecule has 2 atom stereocenters. The molecule has 1 amide bonds. The predicted octanol–water partition coefficient (Wildman–Crippen LogP) is 0.266. The number of carbonyl (C=O) groups is 2. The number of carbonyl (C=O) groups excluding carboxylic acids is 1. The fraction of sp³-hybridized carbons (Fsp3) is 0.800. The van der Waals surface area contributed by atoms with Gasteiger partial charge in [0.2, 0.25) is 0 Å². The van der Waals surface area contributed by atoms with Crippen molar-refractivity contribution >= 4 is 11.9 Å². The van der Waals surface area contributed by atoms with Gasteiger partial charge in [0.05, 0.1) is 13.2 Å². The number of carboxylic acids is 1. The topological polar surface area (TPSA) is 76.1 Å². The Morgan fingerprint density at radius 3 is 2.68 bits per heavy atom. The number of hydrogen-bond acceptors (Lipinski definition) is 4. The van der Waals surface area contributed by atoms with Gasteiger partial charge in [-0.05, 0) is 6.92 Å². The summed E-state index contributed by atoms with van der Waals surface area (Å²) in [6.45, 7) is -0.436. The third-order valence-corrected chi connectivity index (χ3v) is 2.54. The number of hydrogen-bond donors (Lipinski definition) is 1. The summed E-state index contributed by atoms with van der Waals surface area (Å²) in [7, 11) is 0. The van der Waals surface area contributed by atoms with Gasteiger partial charge in [-0.3, -0.25) is 4.79 Å². The van der Waals surface area contributed by atoms with E-state index in [1.54, 1.807) is 0 Å². The minimum atomic E-state index is -4.54. The maximum Gasteiger partial charge on any atom is 0.411 e. The van der Waals surface area contributed by atoms with Crippen LogP contribution in [-0.2, 0) is 19.1 Å². The third kappa shape index (κ3) is 4.67. The van der Waals surface area contributed by atoms with E-state index in [9.17, 15) is 22.8 Å². The fourth-order valence-electron chi connectivity index (χ4n) is 1.60. The molecule has 1 saturated heterocycles. The van der Waals surface area contributed by atoms with Gasteiger partial charge >= 0.3 is 12.1 Å². The average Bonchev–Trinajstić information content (AvgIpc) is 2.34. The first-order valence-electron chi connectivity index (χ1n) is 5.52. The molecule has 0 unspecified atom stereocenters. The Hall–Kier alpha value is -1.35. The van der Waals surface area contributed by atoms with E-state index in [1.165, 1.54) is 0 Å². The maximum absolute atomic E-state index is 12.0. The molecule has 6 nitrogen and oxygen atoms in total. The number of ether oxygens (including phenoxy) is 2. The van der Waals surface area contributed by atoms with Crippen molar-refractivity contribution < 1.29 is 37.3 Å². The van der Waals surface area contributed by atoms with E-state index in [0.717, 1.165) is 11.8 Å². The number of halogens is 3. The minimum absolute atomic E-state index is 0.00944. The fourth-order valence-corrected chi connectivity index (χ4v) is 1.60. The zero-order valence-electron chi connectivity index (χ0n) is 10.1. The smallest absolute Gasteiger partial charge is 0.411 e. The molecular weight excluding hydrogens is 271 g/mol. The van der Waals surface area contributed by atoms with Crippen molar-refractivity contribution in [3.8, 4) is 0 Å². The van der Waals surface area contributed by atoms with Crippen LogP contribution in [0.5, 0.6) is 0 Å². The van der Waals surface area contributed by atoms with Crippen LogP contribution >= 0.6 is 0 Å². The van der Waals surface area contributed by atoms with Crippen molar-refractivity contribution in [3.63, 3.8) is 0 Å². The SMILES string of the molecule is C[C@H](OCC(F)(F)F)C(=O)N1CCOC[C@@H]1C(=O)O. The molecule has 1 rings (SSSR count). The summed E-state index contributed by atoms with van der Waals surface area (Å²) < 4.78 is 45.2. The second-order valence-corrected chi connectivity index (χ2v) is 4.03. The highest BCUT2D eigenvalue weighted by Crippen LogP contribution is 2.17. The van der Waals surface area contributed by atoms with E-state index in [-0.39, 0.29) is 19.8 Å². The van der Waals surface area contributed by atoms with Crippen LogP contribution in [0.2, 0.25) is 0 Å². The Balaban J connectivity index is 2.61. The van der Waals surface area contributed by atoms with E-state index in [0.29, 0.717) is 0 Å². The Morgan fingerprint density at radius 1 is 1.53 bits per heavy atom. The lowest BCUT2D eigenvalue weighted by molar-refractivity contribution is -0.192. The average molecular weight is 285 g/mol. The lowest BCUT2D eigenvalue weighted by Crippen LogP contribution is -2.55. The summed E-state index contributed by atoms with van der Waals surface area (Å²) in [5.74, 6) is -2.06. The van der Waals surface area contributed by atoms with E-state index >= 15 is 0 Å². The Labute approximate surface area is 107 Å². The van der Waals surface area contributed by atoms with E-state index in [4.69, 9.17) is 9.84 Å². The highest BCUT2D eigenvalue weighted by Gasteiger charge is 2.36. The van der Waals surface area contributed by atoms with Crippen molar-refractivity contribution in [2.45, 2.75) is 25.2 Å². The molecule has 110 valence electrons. The quantitative estimate of drug-likeness (QED) is 0.802. The zero-order valence-corrected chi connectivity index (χ0v) is 10.1. The van der Waals surface area contributed by atoms with Gasteiger partial charge in [-0.2, -0.15) is 13.2 Å². The lowest BCUT2D eigenvalue weighted by Gasteiger charge is -2.34. The molecule has 0 aromatic heterocycles. The molecule has 0 radical (unpaired) electrons. The zero-order chi connectivity index (χ0) is 14.6. The molecule has 1 aliphatic rings. The summed E-state index contributed by atoms with van der Waals surface area (Å²) in [6.07, 6.45) is -5.90. The number of morpholine rings is 1. The molecule has 0 saturated carbocycles. The molecule has 1 aliphatic heterocycles. The molecule has 0 aromatic rings. The van der Waals surface area contributed by atoms with Gasteiger partial charge in [-0.15, -0.1) is 0 Å². The number of amides is 1. The number of nitrogens with zero attached hydrogens (tertiary/aromatic N) is 1. The van der Waals surface area contributed by atoms with Gasteiger partial charge in [-0.1, -0.05) is 0 Å².